The number of carboxylic acid groups (broad SMARTS) is 1. The van der Waals surface area contributed by atoms with Crippen molar-refractivity contribution in [3.05, 3.63) is 21.7 Å². The summed E-state index contributed by atoms with van der Waals surface area (Å²) >= 11 is 1.19. The van der Waals surface area contributed by atoms with E-state index in [1.807, 2.05) is 13.8 Å². The Hall–Kier alpha value is -0.270. The van der Waals surface area contributed by atoms with Crippen LogP contribution in [0.15, 0.2) is 21.7 Å². The molecule has 68 valence electrons. The van der Waals surface area contributed by atoms with Gasteiger partial charge < -0.3 is 5.11 Å². The van der Waals surface area contributed by atoms with Gasteiger partial charge in [-0.1, -0.05) is 40.1 Å². The van der Waals surface area contributed by atoms with Gasteiger partial charge in [0.2, 0.25) is 0 Å². The third kappa shape index (κ3) is 3.93. The van der Waals surface area contributed by atoms with E-state index in [0.717, 1.165) is 16.6 Å². The number of allylic oxidation sites excluding steroid dienone is 1. The minimum Gasteiger partial charge on any atom is -0.477 e. The summed E-state index contributed by atoms with van der Waals surface area (Å²) in [6.07, 6.45) is 0.757. The van der Waals surface area contributed by atoms with E-state index in [9.17, 15) is 4.79 Å². The van der Waals surface area contributed by atoms with Gasteiger partial charge in [0.05, 0.1) is 4.91 Å². The molecule has 0 aliphatic heterocycles. The Morgan fingerprint density at radius 3 is 2.42 bits per heavy atom. The summed E-state index contributed by atoms with van der Waals surface area (Å²) in [6, 6.07) is 0. The first-order valence-electron chi connectivity index (χ1n) is 3.54. The molecule has 0 aliphatic carbocycles. The Bertz CT molecular complexity index is 233. The highest BCUT2D eigenvalue weighted by atomic mass is 32.2. The van der Waals surface area contributed by atoms with E-state index in [2.05, 4.69) is 15.8 Å². The molecule has 1 atom stereocenters. The average Bonchev–Trinajstić information content (AvgIpc) is 1.98. The molecular weight excluding hydrogens is 191 g/mol. The third-order valence-electron chi connectivity index (χ3n) is 1.35. The van der Waals surface area contributed by atoms with Gasteiger partial charge >= 0.3 is 5.97 Å². The Morgan fingerprint density at radius 2 is 2.17 bits per heavy atom. The number of carboxylic acids is 1. The number of carbonyl (C=O) groups is 1. The van der Waals surface area contributed by atoms with Gasteiger partial charge in [-0.05, 0) is 13.3 Å². The van der Waals surface area contributed by atoms with Gasteiger partial charge in [0, 0.05) is 4.65 Å². The molecule has 1 N–H and O–H groups in total. The van der Waals surface area contributed by atoms with Gasteiger partial charge in [-0.3, -0.25) is 0 Å². The lowest BCUT2D eigenvalue weighted by Gasteiger charge is -2.04. The standard InChI is InChI=1S/C8H13O2PS/c1-4-5(2)7(8(9)10)12-6(3)11/h3-4,11H2,1-2H3,(H,9,10). The van der Waals surface area contributed by atoms with E-state index in [0.29, 0.717) is 4.91 Å². The molecule has 12 heavy (non-hydrogen) atoms. The molecule has 0 radical (unpaired) electrons. The zero-order valence-electron chi connectivity index (χ0n) is 7.26. The minimum atomic E-state index is -0.872. The Balaban J connectivity index is 4.66. The monoisotopic (exact) mass is 204 g/mol. The van der Waals surface area contributed by atoms with Crippen LogP contribution in [-0.2, 0) is 4.79 Å². The first-order chi connectivity index (χ1) is 5.49. The molecule has 0 saturated carbocycles. The molecule has 0 aliphatic rings. The number of rotatable bonds is 4. The Morgan fingerprint density at radius 1 is 1.67 bits per heavy atom. The van der Waals surface area contributed by atoms with Crippen LogP contribution in [0.3, 0.4) is 0 Å². The topological polar surface area (TPSA) is 37.3 Å². The van der Waals surface area contributed by atoms with E-state index >= 15 is 0 Å². The van der Waals surface area contributed by atoms with E-state index in [-0.39, 0.29) is 0 Å². The highest BCUT2D eigenvalue weighted by Crippen LogP contribution is 2.31. The highest BCUT2D eigenvalue weighted by molar-refractivity contribution is 8.11. The lowest BCUT2D eigenvalue weighted by atomic mass is 10.2. The van der Waals surface area contributed by atoms with Crippen molar-refractivity contribution in [3.63, 3.8) is 0 Å². The smallest absolute Gasteiger partial charge is 0.342 e. The summed E-state index contributed by atoms with van der Waals surface area (Å²) in [4.78, 5) is 11.1. The van der Waals surface area contributed by atoms with Crippen LogP contribution in [0.1, 0.15) is 20.3 Å². The lowest BCUT2D eigenvalue weighted by molar-refractivity contribution is -0.131. The van der Waals surface area contributed by atoms with E-state index < -0.39 is 5.97 Å². The maximum atomic E-state index is 10.7. The van der Waals surface area contributed by atoms with Crippen LogP contribution in [0.4, 0.5) is 0 Å². The Labute approximate surface area is 79.3 Å². The number of hydrogen-bond acceptors (Lipinski definition) is 2. The molecule has 0 aromatic heterocycles. The Kier molecular flexibility index (Phi) is 5.27. The van der Waals surface area contributed by atoms with E-state index in [1.165, 1.54) is 11.8 Å². The van der Waals surface area contributed by atoms with Crippen molar-refractivity contribution < 1.29 is 9.90 Å². The second-order valence-corrected chi connectivity index (χ2v) is 4.59. The highest BCUT2D eigenvalue weighted by Gasteiger charge is 2.11. The fourth-order valence-corrected chi connectivity index (χ4v) is 1.63. The first-order valence-corrected chi connectivity index (χ1v) is 4.93. The van der Waals surface area contributed by atoms with Crippen molar-refractivity contribution in [1.29, 1.82) is 0 Å². The van der Waals surface area contributed by atoms with Gasteiger partial charge in [-0.15, -0.1) is 0 Å². The van der Waals surface area contributed by atoms with Crippen molar-refractivity contribution in [3.8, 4) is 0 Å². The normalized spacial score (nSPS) is 12.2. The molecule has 0 heterocycles. The number of hydrogen-bond donors (Lipinski definition) is 1. The molecule has 0 aromatic carbocycles. The summed E-state index contributed by atoms with van der Waals surface area (Å²) in [5.74, 6) is -0.872. The van der Waals surface area contributed by atoms with Crippen LogP contribution in [-0.4, -0.2) is 11.1 Å². The summed E-state index contributed by atoms with van der Waals surface area (Å²) < 4.78 is 0.722. The SMILES string of the molecule is C=C(P)SC(C(=O)O)=C(C)CC. The average molecular weight is 204 g/mol. The molecule has 0 fully saturated rings. The van der Waals surface area contributed by atoms with Crippen molar-refractivity contribution in [2.75, 3.05) is 0 Å². The second kappa shape index (κ2) is 5.39. The summed E-state index contributed by atoms with van der Waals surface area (Å²) in [7, 11) is 2.38. The zero-order valence-corrected chi connectivity index (χ0v) is 9.23. The van der Waals surface area contributed by atoms with Crippen LogP contribution in [0.2, 0.25) is 0 Å². The van der Waals surface area contributed by atoms with Crippen LogP contribution in [0, 0.1) is 0 Å². The molecule has 0 aromatic rings. The van der Waals surface area contributed by atoms with Crippen molar-refractivity contribution in [2.45, 2.75) is 20.3 Å². The molecular formula is C8H13O2PS. The fourth-order valence-electron chi connectivity index (χ4n) is 0.605. The summed E-state index contributed by atoms with van der Waals surface area (Å²) in [6.45, 7) is 7.38. The fraction of sp³-hybridized carbons (Fsp3) is 0.375. The predicted molar refractivity (Wildman–Crippen MR) is 57.1 cm³/mol. The molecule has 0 amide bonds. The molecule has 0 saturated heterocycles. The lowest BCUT2D eigenvalue weighted by Crippen LogP contribution is -1.99. The maximum absolute atomic E-state index is 10.7. The van der Waals surface area contributed by atoms with Gasteiger partial charge in [-0.25, -0.2) is 4.79 Å². The van der Waals surface area contributed by atoms with Crippen LogP contribution >= 0.6 is 21.0 Å². The van der Waals surface area contributed by atoms with Crippen LogP contribution in [0.25, 0.3) is 0 Å². The van der Waals surface area contributed by atoms with E-state index in [4.69, 9.17) is 5.11 Å². The maximum Gasteiger partial charge on any atom is 0.342 e. The second-order valence-electron chi connectivity index (χ2n) is 2.34. The summed E-state index contributed by atoms with van der Waals surface area (Å²) in [5, 5.41) is 8.79. The molecule has 1 unspecified atom stereocenters. The molecule has 2 nitrogen and oxygen atoms in total. The van der Waals surface area contributed by atoms with Gasteiger partial charge in [0.1, 0.15) is 0 Å². The minimum absolute atomic E-state index is 0.387. The van der Waals surface area contributed by atoms with Crippen molar-refractivity contribution >= 4 is 27.0 Å². The van der Waals surface area contributed by atoms with Gasteiger partial charge in [-0.2, -0.15) is 0 Å². The van der Waals surface area contributed by atoms with Crippen LogP contribution in [0.5, 0.6) is 0 Å². The quantitative estimate of drug-likeness (QED) is 0.565. The van der Waals surface area contributed by atoms with Gasteiger partial charge in [0.25, 0.3) is 0 Å². The summed E-state index contributed by atoms with van der Waals surface area (Å²) in [5.41, 5.74) is 0.885. The number of aliphatic carboxylic acids is 1. The van der Waals surface area contributed by atoms with Crippen LogP contribution < -0.4 is 0 Å². The zero-order chi connectivity index (χ0) is 9.72. The van der Waals surface area contributed by atoms with Crippen molar-refractivity contribution in [1.82, 2.24) is 0 Å². The van der Waals surface area contributed by atoms with E-state index in [1.54, 1.807) is 0 Å². The third-order valence-corrected chi connectivity index (χ3v) is 2.69. The molecule has 4 heteroatoms. The molecule has 0 bridgehead atoms. The van der Waals surface area contributed by atoms with Gasteiger partial charge in [0.15, 0.2) is 0 Å². The van der Waals surface area contributed by atoms with Crippen molar-refractivity contribution in [2.24, 2.45) is 0 Å². The number of thioether (sulfide) groups is 1. The predicted octanol–water partition coefficient (Wildman–Crippen LogP) is 2.83. The first kappa shape index (κ1) is 11.7. The largest absolute Gasteiger partial charge is 0.477 e. The molecule has 0 spiro atoms. The molecule has 0 rings (SSSR count).